The predicted octanol–water partition coefficient (Wildman–Crippen LogP) is 2.13. The van der Waals surface area contributed by atoms with Crippen LogP contribution in [0.1, 0.15) is 23.3 Å². The van der Waals surface area contributed by atoms with E-state index in [9.17, 15) is 4.79 Å². The van der Waals surface area contributed by atoms with Crippen molar-refractivity contribution in [1.82, 2.24) is 14.9 Å². The van der Waals surface area contributed by atoms with E-state index >= 15 is 0 Å². The molecule has 1 aromatic heterocycles. The summed E-state index contributed by atoms with van der Waals surface area (Å²) in [5, 5.41) is 0. The van der Waals surface area contributed by atoms with Crippen LogP contribution in [0.3, 0.4) is 0 Å². The minimum Gasteiger partial charge on any atom is -0.384 e. The number of nitrogens with zero attached hydrogens (tertiary/aromatic N) is 3. The molecule has 0 radical (unpaired) electrons. The molecule has 0 atom stereocenters. The summed E-state index contributed by atoms with van der Waals surface area (Å²) < 4.78 is 5.18. The fraction of sp³-hybridized carbons (Fsp3) is 0.438. The number of hydrogen-bond acceptors (Lipinski definition) is 4. The van der Waals surface area contributed by atoms with E-state index in [2.05, 4.69) is 9.97 Å². The number of benzene rings is 1. The van der Waals surface area contributed by atoms with E-state index in [0.29, 0.717) is 11.6 Å². The number of fused-ring (bicyclic) bond motifs is 1. The van der Waals surface area contributed by atoms with Gasteiger partial charge in [-0.1, -0.05) is 12.1 Å². The van der Waals surface area contributed by atoms with E-state index in [1.54, 1.807) is 13.3 Å². The Morgan fingerprint density at radius 2 is 2.00 bits per heavy atom. The number of ether oxygens (including phenoxy) is 1. The van der Waals surface area contributed by atoms with Crippen molar-refractivity contribution in [3.63, 3.8) is 0 Å². The summed E-state index contributed by atoms with van der Waals surface area (Å²) in [7, 11) is 1.72. The zero-order chi connectivity index (χ0) is 14.7. The second-order valence-corrected chi connectivity index (χ2v) is 5.43. The Bertz CT molecular complexity index is 636. The second-order valence-electron chi connectivity index (χ2n) is 5.43. The largest absolute Gasteiger partial charge is 0.384 e. The summed E-state index contributed by atoms with van der Waals surface area (Å²) in [5.41, 5.74) is 2.00. The van der Waals surface area contributed by atoms with Crippen LogP contribution >= 0.6 is 0 Å². The maximum Gasteiger partial charge on any atom is 0.274 e. The summed E-state index contributed by atoms with van der Waals surface area (Å²) in [6.07, 6.45) is 3.55. The molecule has 21 heavy (non-hydrogen) atoms. The van der Waals surface area contributed by atoms with E-state index < -0.39 is 0 Å². The highest BCUT2D eigenvalue weighted by molar-refractivity contribution is 5.93. The first-order chi connectivity index (χ1) is 10.3. The van der Waals surface area contributed by atoms with E-state index in [1.807, 2.05) is 29.2 Å². The third-order valence-electron chi connectivity index (χ3n) is 3.97. The second kappa shape index (κ2) is 6.18. The predicted molar refractivity (Wildman–Crippen MR) is 80.0 cm³/mol. The number of aromatic nitrogens is 2. The molecule has 1 aliphatic heterocycles. The van der Waals surface area contributed by atoms with Crippen LogP contribution in [0.4, 0.5) is 0 Å². The SMILES string of the molecule is COCC1CCN(C(=O)c2cnc3ccccc3n2)CC1. The molecule has 1 aromatic carbocycles. The summed E-state index contributed by atoms with van der Waals surface area (Å²) >= 11 is 0. The molecule has 5 heteroatoms. The molecule has 0 aliphatic carbocycles. The highest BCUT2D eigenvalue weighted by Crippen LogP contribution is 2.19. The van der Waals surface area contributed by atoms with Crippen LogP contribution in [0.5, 0.6) is 0 Å². The Morgan fingerprint density at radius 1 is 1.29 bits per heavy atom. The highest BCUT2D eigenvalue weighted by Gasteiger charge is 2.24. The number of methoxy groups -OCH3 is 1. The minimum absolute atomic E-state index is 0.0240. The van der Waals surface area contributed by atoms with Crippen LogP contribution < -0.4 is 0 Å². The lowest BCUT2D eigenvalue weighted by molar-refractivity contribution is 0.0608. The molecule has 1 saturated heterocycles. The molecule has 5 nitrogen and oxygen atoms in total. The molecule has 0 bridgehead atoms. The van der Waals surface area contributed by atoms with Gasteiger partial charge in [-0.05, 0) is 30.9 Å². The van der Waals surface area contributed by atoms with Crippen LogP contribution in [0.25, 0.3) is 11.0 Å². The molecule has 0 spiro atoms. The normalized spacial score (nSPS) is 16.3. The molecule has 1 amide bonds. The summed E-state index contributed by atoms with van der Waals surface area (Å²) in [5.74, 6) is 0.533. The van der Waals surface area contributed by atoms with Crippen molar-refractivity contribution in [3.05, 3.63) is 36.2 Å². The summed E-state index contributed by atoms with van der Waals surface area (Å²) in [4.78, 5) is 23.1. The first-order valence-corrected chi connectivity index (χ1v) is 7.28. The average molecular weight is 285 g/mol. The standard InChI is InChI=1S/C16H19N3O2/c1-21-11-12-6-8-19(9-7-12)16(20)15-10-17-13-4-2-3-5-14(13)18-15/h2-5,10,12H,6-9,11H2,1H3. The lowest BCUT2D eigenvalue weighted by Crippen LogP contribution is -2.39. The minimum atomic E-state index is -0.0240. The fourth-order valence-electron chi connectivity index (χ4n) is 2.76. The van der Waals surface area contributed by atoms with Crippen LogP contribution in [0.15, 0.2) is 30.5 Å². The third kappa shape index (κ3) is 3.03. The van der Waals surface area contributed by atoms with Gasteiger partial charge in [0.2, 0.25) is 0 Å². The number of carbonyl (C=O) groups excluding carboxylic acids is 1. The average Bonchev–Trinajstić information content (AvgIpc) is 2.55. The monoisotopic (exact) mass is 285 g/mol. The van der Waals surface area contributed by atoms with E-state index in [1.165, 1.54) is 0 Å². The molecule has 2 aromatic rings. The smallest absolute Gasteiger partial charge is 0.274 e. The molecular formula is C16H19N3O2. The van der Waals surface area contributed by atoms with Crippen molar-refractivity contribution in [2.75, 3.05) is 26.8 Å². The van der Waals surface area contributed by atoms with E-state index in [0.717, 1.165) is 43.6 Å². The number of amides is 1. The molecule has 0 N–H and O–H groups in total. The van der Waals surface area contributed by atoms with Crippen molar-refractivity contribution in [1.29, 1.82) is 0 Å². The van der Waals surface area contributed by atoms with Gasteiger partial charge in [-0.15, -0.1) is 0 Å². The maximum absolute atomic E-state index is 12.5. The zero-order valence-electron chi connectivity index (χ0n) is 12.2. The topological polar surface area (TPSA) is 55.3 Å². The molecule has 0 saturated carbocycles. The third-order valence-corrected chi connectivity index (χ3v) is 3.97. The van der Waals surface area contributed by atoms with Crippen molar-refractivity contribution in [2.45, 2.75) is 12.8 Å². The van der Waals surface area contributed by atoms with Crippen LogP contribution in [0.2, 0.25) is 0 Å². The van der Waals surface area contributed by atoms with Gasteiger partial charge in [0.1, 0.15) is 5.69 Å². The van der Waals surface area contributed by atoms with E-state index in [-0.39, 0.29) is 5.91 Å². The summed E-state index contributed by atoms with van der Waals surface area (Å²) in [6.45, 7) is 2.31. The number of rotatable bonds is 3. The molecule has 3 rings (SSSR count). The summed E-state index contributed by atoms with van der Waals surface area (Å²) in [6, 6.07) is 7.59. The van der Waals surface area contributed by atoms with Gasteiger partial charge >= 0.3 is 0 Å². The van der Waals surface area contributed by atoms with Crippen molar-refractivity contribution in [3.8, 4) is 0 Å². The van der Waals surface area contributed by atoms with Crippen molar-refractivity contribution < 1.29 is 9.53 Å². The molecule has 1 aliphatic rings. The molecular weight excluding hydrogens is 266 g/mol. The quantitative estimate of drug-likeness (QED) is 0.867. The van der Waals surface area contributed by atoms with Crippen molar-refractivity contribution >= 4 is 16.9 Å². The zero-order valence-corrected chi connectivity index (χ0v) is 12.2. The highest BCUT2D eigenvalue weighted by atomic mass is 16.5. The maximum atomic E-state index is 12.5. The molecule has 0 unspecified atom stereocenters. The number of para-hydroxylation sites is 2. The van der Waals surface area contributed by atoms with Crippen LogP contribution in [0, 0.1) is 5.92 Å². The van der Waals surface area contributed by atoms with Gasteiger partial charge in [-0.3, -0.25) is 9.78 Å². The van der Waals surface area contributed by atoms with Gasteiger partial charge in [-0.25, -0.2) is 4.98 Å². The number of likely N-dealkylation sites (tertiary alicyclic amines) is 1. The lowest BCUT2D eigenvalue weighted by Gasteiger charge is -2.31. The first-order valence-electron chi connectivity index (χ1n) is 7.28. The Morgan fingerprint density at radius 3 is 2.71 bits per heavy atom. The Kier molecular flexibility index (Phi) is 4.10. The fourth-order valence-corrected chi connectivity index (χ4v) is 2.76. The number of piperidine rings is 1. The van der Waals surface area contributed by atoms with Gasteiger partial charge in [-0.2, -0.15) is 0 Å². The number of carbonyl (C=O) groups is 1. The molecule has 2 heterocycles. The van der Waals surface area contributed by atoms with Gasteiger partial charge in [0.05, 0.1) is 17.2 Å². The first kappa shape index (κ1) is 13.9. The van der Waals surface area contributed by atoms with Gasteiger partial charge < -0.3 is 9.64 Å². The Labute approximate surface area is 124 Å². The van der Waals surface area contributed by atoms with Crippen LogP contribution in [-0.4, -0.2) is 47.6 Å². The van der Waals surface area contributed by atoms with Gasteiger partial charge in [0, 0.05) is 26.8 Å². The van der Waals surface area contributed by atoms with E-state index in [4.69, 9.17) is 4.74 Å². The van der Waals surface area contributed by atoms with Crippen LogP contribution in [-0.2, 0) is 4.74 Å². The number of hydrogen-bond donors (Lipinski definition) is 0. The molecule has 110 valence electrons. The molecule has 1 fully saturated rings. The Hall–Kier alpha value is -2.01. The lowest BCUT2D eigenvalue weighted by atomic mass is 9.97. The Balaban J connectivity index is 1.72. The van der Waals surface area contributed by atoms with Gasteiger partial charge in [0.15, 0.2) is 0 Å². The van der Waals surface area contributed by atoms with Crippen molar-refractivity contribution in [2.24, 2.45) is 5.92 Å². The van der Waals surface area contributed by atoms with Gasteiger partial charge in [0.25, 0.3) is 5.91 Å².